The Morgan fingerprint density at radius 1 is 1.60 bits per heavy atom. The molecule has 0 spiro atoms. The molecule has 0 saturated carbocycles. The Bertz CT molecular complexity index is 366. The van der Waals surface area contributed by atoms with Gasteiger partial charge in [-0.05, 0) is 25.5 Å². The van der Waals surface area contributed by atoms with Crippen LogP contribution in [0, 0.1) is 5.82 Å². The molecule has 0 fully saturated rings. The fourth-order valence-corrected chi connectivity index (χ4v) is 1.09. The van der Waals surface area contributed by atoms with Crippen LogP contribution in [0.1, 0.15) is 30.6 Å². The maximum absolute atomic E-state index is 13.2. The van der Waals surface area contributed by atoms with Gasteiger partial charge in [-0.3, -0.25) is 4.79 Å². The smallest absolute Gasteiger partial charge is 0.254 e. The summed E-state index contributed by atoms with van der Waals surface area (Å²) in [5.74, 6) is -1.36. The highest BCUT2D eigenvalue weighted by atomic mass is 19.1. The zero-order valence-electron chi connectivity index (χ0n) is 8.75. The Balaban J connectivity index is 2.82. The summed E-state index contributed by atoms with van der Waals surface area (Å²) < 4.78 is 13.2. The molecule has 0 radical (unpaired) electrons. The first-order chi connectivity index (χ1) is 7.04. The van der Waals surface area contributed by atoms with Crippen molar-refractivity contribution in [2.75, 3.05) is 0 Å². The molecule has 0 aliphatic heterocycles. The predicted molar refractivity (Wildman–Crippen MR) is 55.3 cm³/mol. The van der Waals surface area contributed by atoms with Crippen molar-refractivity contribution in [2.45, 2.75) is 26.3 Å². The molecule has 1 aromatic carbocycles. The lowest BCUT2D eigenvalue weighted by Gasteiger charge is -2.11. The zero-order valence-corrected chi connectivity index (χ0v) is 8.75. The Kier molecular flexibility index (Phi) is 3.66. The molecule has 4 heteroatoms. The highest BCUT2D eigenvalue weighted by Gasteiger charge is 2.13. The van der Waals surface area contributed by atoms with Crippen molar-refractivity contribution in [1.29, 1.82) is 0 Å². The fraction of sp³-hybridized carbons (Fsp3) is 0.364. The van der Waals surface area contributed by atoms with E-state index in [9.17, 15) is 9.18 Å². The minimum atomic E-state index is -0.712. The van der Waals surface area contributed by atoms with E-state index >= 15 is 0 Å². The highest BCUT2D eigenvalue weighted by Crippen LogP contribution is 2.14. The quantitative estimate of drug-likeness (QED) is 0.804. The number of phenols is 1. The van der Waals surface area contributed by atoms with E-state index in [4.69, 9.17) is 5.11 Å². The summed E-state index contributed by atoms with van der Waals surface area (Å²) in [6.45, 7) is 3.77. The number of carbonyl (C=O) groups excluding carboxylic acids is 1. The van der Waals surface area contributed by atoms with E-state index in [0.29, 0.717) is 0 Å². The maximum atomic E-state index is 13.2. The van der Waals surface area contributed by atoms with Gasteiger partial charge in [-0.25, -0.2) is 4.39 Å². The molecule has 0 saturated heterocycles. The van der Waals surface area contributed by atoms with Gasteiger partial charge in [0.25, 0.3) is 5.91 Å². The number of benzene rings is 1. The summed E-state index contributed by atoms with van der Waals surface area (Å²) in [6, 6.07) is 3.48. The van der Waals surface area contributed by atoms with E-state index in [1.807, 2.05) is 13.8 Å². The van der Waals surface area contributed by atoms with E-state index in [1.165, 1.54) is 12.1 Å². The molecule has 0 bridgehead atoms. The molecule has 0 heterocycles. The van der Waals surface area contributed by atoms with E-state index < -0.39 is 11.7 Å². The van der Waals surface area contributed by atoms with Crippen molar-refractivity contribution < 1.29 is 14.3 Å². The first-order valence-electron chi connectivity index (χ1n) is 4.84. The number of amides is 1. The van der Waals surface area contributed by atoms with E-state index in [-0.39, 0.29) is 17.4 Å². The number of halogens is 1. The fourth-order valence-electron chi connectivity index (χ4n) is 1.09. The first kappa shape index (κ1) is 11.5. The van der Waals surface area contributed by atoms with Crippen LogP contribution in [0.2, 0.25) is 0 Å². The Hall–Kier alpha value is -1.58. The molecule has 0 aliphatic rings. The Labute approximate surface area is 87.9 Å². The normalized spacial score (nSPS) is 12.2. The third-order valence-electron chi connectivity index (χ3n) is 2.19. The molecule has 1 atom stereocenters. The lowest BCUT2D eigenvalue weighted by Crippen LogP contribution is -2.32. The summed E-state index contributed by atoms with van der Waals surface area (Å²) in [5, 5.41) is 11.6. The van der Waals surface area contributed by atoms with E-state index in [0.717, 1.165) is 12.5 Å². The van der Waals surface area contributed by atoms with Gasteiger partial charge in [0.05, 0.1) is 5.56 Å². The van der Waals surface area contributed by atoms with Gasteiger partial charge in [0, 0.05) is 12.1 Å². The molecule has 1 aromatic rings. The average molecular weight is 211 g/mol. The van der Waals surface area contributed by atoms with Gasteiger partial charge in [-0.2, -0.15) is 0 Å². The summed E-state index contributed by atoms with van der Waals surface area (Å²) in [6.07, 6.45) is 0.783. The van der Waals surface area contributed by atoms with E-state index in [2.05, 4.69) is 5.32 Å². The van der Waals surface area contributed by atoms with Crippen LogP contribution in [0.3, 0.4) is 0 Å². The van der Waals surface area contributed by atoms with Crippen molar-refractivity contribution in [3.8, 4) is 5.75 Å². The number of carbonyl (C=O) groups is 1. The van der Waals surface area contributed by atoms with Crippen LogP contribution in [-0.4, -0.2) is 17.1 Å². The zero-order chi connectivity index (χ0) is 11.4. The number of aromatic hydroxyl groups is 1. The number of phenolic OH excluding ortho intramolecular Hbond substituents is 1. The molecule has 1 amide bonds. The minimum absolute atomic E-state index is 0.00528. The Morgan fingerprint density at radius 2 is 2.27 bits per heavy atom. The second kappa shape index (κ2) is 4.77. The van der Waals surface area contributed by atoms with Crippen LogP contribution in [0.25, 0.3) is 0 Å². The lowest BCUT2D eigenvalue weighted by atomic mass is 10.1. The molecule has 1 rings (SSSR count). The Morgan fingerprint density at radius 3 is 2.80 bits per heavy atom. The molecular formula is C11H14FNO2. The summed E-state index contributed by atoms with van der Waals surface area (Å²) in [4.78, 5) is 11.5. The van der Waals surface area contributed by atoms with Gasteiger partial charge >= 0.3 is 0 Å². The first-order valence-corrected chi connectivity index (χ1v) is 4.84. The third kappa shape index (κ3) is 2.94. The molecule has 0 aliphatic carbocycles. The van der Waals surface area contributed by atoms with Crippen molar-refractivity contribution in [3.63, 3.8) is 0 Å². The van der Waals surface area contributed by atoms with Crippen molar-refractivity contribution in [2.24, 2.45) is 0 Å². The van der Waals surface area contributed by atoms with Gasteiger partial charge in [0.15, 0.2) is 0 Å². The number of rotatable bonds is 3. The molecule has 2 N–H and O–H groups in total. The monoisotopic (exact) mass is 211 g/mol. The highest BCUT2D eigenvalue weighted by molar-refractivity contribution is 5.94. The maximum Gasteiger partial charge on any atom is 0.254 e. The standard InChI is InChI=1S/C11H14FNO2/c1-3-7(2)13-11(15)9-5-4-8(14)6-10(9)12/h4-7,14H,3H2,1-2H3,(H,13,15). The van der Waals surface area contributed by atoms with E-state index in [1.54, 1.807) is 0 Å². The number of hydrogen-bond acceptors (Lipinski definition) is 2. The van der Waals surface area contributed by atoms with Crippen molar-refractivity contribution >= 4 is 5.91 Å². The second-order valence-electron chi connectivity index (χ2n) is 3.45. The van der Waals surface area contributed by atoms with Crippen LogP contribution in [0.5, 0.6) is 5.75 Å². The molecular weight excluding hydrogens is 197 g/mol. The van der Waals surface area contributed by atoms with Crippen molar-refractivity contribution in [1.82, 2.24) is 5.32 Å². The molecule has 0 aromatic heterocycles. The third-order valence-corrected chi connectivity index (χ3v) is 2.19. The number of hydrogen-bond donors (Lipinski definition) is 2. The van der Waals surface area contributed by atoms with Crippen LogP contribution >= 0.6 is 0 Å². The van der Waals surface area contributed by atoms with Crippen molar-refractivity contribution in [3.05, 3.63) is 29.6 Å². The molecule has 1 unspecified atom stereocenters. The van der Waals surface area contributed by atoms with Gasteiger partial charge in [0.1, 0.15) is 11.6 Å². The van der Waals surface area contributed by atoms with Crippen LogP contribution in [-0.2, 0) is 0 Å². The SMILES string of the molecule is CCC(C)NC(=O)c1ccc(O)cc1F. The molecule has 82 valence electrons. The van der Waals surface area contributed by atoms with Crippen LogP contribution in [0.4, 0.5) is 4.39 Å². The van der Waals surface area contributed by atoms with Gasteiger partial charge < -0.3 is 10.4 Å². The van der Waals surface area contributed by atoms with Gasteiger partial charge in [0.2, 0.25) is 0 Å². The summed E-state index contributed by atoms with van der Waals surface area (Å²) >= 11 is 0. The largest absolute Gasteiger partial charge is 0.508 e. The average Bonchev–Trinajstić information content (AvgIpc) is 2.17. The number of nitrogens with one attached hydrogen (secondary N) is 1. The summed E-state index contributed by atoms with van der Waals surface area (Å²) in [7, 11) is 0. The van der Waals surface area contributed by atoms with Gasteiger partial charge in [-0.1, -0.05) is 6.92 Å². The summed E-state index contributed by atoms with van der Waals surface area (Å²) in [5.41, 5.74) is -0.0481. The topological polar surface area (TPSA) is 49.3 Å². The predicted octanol–water partition coefficient (Wildman–Crippen LogP) is 2.06. The minimum Gasteiger partial charge on any atom is -0.508 e. The lowest BCUT2D eigenvalue weighted by molar-refractivity contribution is 0.0935. The van der Waals surface area contributed by atoms with Crippen LogP contribution < -0.4 is 5.32 Å². The molecule has 3 nitrogen and oxygen atoms in total. The second-order valence-corrected chi connectivity index (χ2v) is 3.45. The van der Waals surface area contributed by atoms with Crippen LogP contribution in [0.15, 0.2) is 18.2 Å². The molecule has 15 heavy (non-hydrogen) atoms. The van der Waals surface area contributed by atoms with Gasteiger partial charge in [-0.15, -0.1) is 0 Å².